The average molecular weight is 345 g/mol. The molecular weight excluding hydrogens is 314 g/mol. The highest BCUT2D eigenvalue weighted by Gasteiger charge is 2.35. The highest BCUT2D eigenvalue weighted by Crippen LogP contribution is 2.39. The Morgan fingerprint density at radius 1 is 1.36 bits per heavy atom. The predicted molar refractivity (Wildman–Crippen MR) is 102 cm³/mol. The molecule has 0 unspecified atom stereocenters. The van der Waals surface area contributed by atoms with Gasteiger partial charge in [-0.05, 0) is 63.1 Å². The van der Waals surface area contributed by atoms with Crippen LogP contribution in [0.15, 0.2) is 18.2 Å². The van der Waals surface area contributed by atoms with Crippen LogP contribution in [0, 0.1) is 12.8 Å². The summed E-state index contributed by atoms with van der Waals surface area (Å²) in [5.41, 5.74) is 8.83. The van der Waals surface area contributed by atoms with Gasteiger partial charge in [-0.15, -0.1) is 0 Å². The molecule has 0 saturated heterocycles. The number of nitrogens with one attached hydrogen (secondary N) is 1. The number of hydrogen-bond acceptors (Lipinski definition) is 3. The summed E-state index contributed by atoms with van der Waals surface area (Å²) in [4.78, 5) is 26.9. The predicted octanol–water partition coefficient (Wildman–Crippen LogP) is 2.71. The van der Waals surface area contributed by atoms with Crippen LogP contribution in [0.1, 0.15) is 58.1 Å². The zero-order chi connectivity index (χ0) is 18.9. The van der Waals surface area contributed by atoms with Gasteiger partial charge in [0, 0.05) is 11.2 Å². The third-order valence-corrected chi connectivity index (χ3v) is 4.59. The first-order valence-corrected chi connectivity index (χ1v) is 8.98. The van der Waals surface area contributed by atoms with Gasteiger partial charge in [-0.25, -0.2) is 0 Å². The van der Waals surface area contributed by atoms with E-state index in [2.05, 4.69) is 31.3 Å². The molecule has 1 aliphatic heterocycles. The van der Waals surface area contributed by atoms with Gasteiger partial charge < -0.3 is 16.0 Å². The fourth-order valence-corrected chi connectivity index (χ4v) is 3.42. The molecular formula is C20H31N3O2. The third kappa shape index (κ3) is 4.60. The molecule has 138 valence electrons. The smallest absolute Gasteiger partial charge is 0.244 e. The van der Waals surface area contributed by atoms with Crippen molar-refractivity contribution in [2.45, 2.75) is 65.5 Å². The van der Waals surface area contributed by atoms with Gasteiger partial charge in [-0.1, -0.05) is 26.0 Å². The summed E-state index contributed by atoms with van der Waals surface area (Å²) >= 11 is 0. The van der Waals surface area contributed by atoms with Crippen LogP contribution in [0.4, 0.5) is 5.69 Å². The SMILES string of the molecule is Cc1ccc2c(c1)N(CC(=O)NC(C)(C)C)C(=O)[C@H](N)C[C@@H]2C(C)C. The molecule has 0 aliphatic carbocycles. The van der Waals surface area contributed by atoms with Gasteiger partial charge in [0.05, 0.1) is 6.04 Å². The number of nitrogens with zero attached hydrogens (tertiary/aromatic N) is 1. The second-order valence-corrected chi connectivity index (χ2v) is 8.48. The zero-order valence-electron chi connectivity index (χ0n) is 16.2. The summed E-state index contributed by atoms with van der Waals surface area (Å²) in [5.74, 6) is 0.205. The Bertz CT molecular complexity index is 661. The van der Waals surface area contributed by atoms with Gasteiger partial charge in [-0.2, -0.15) is 0 Å². The first kappa shape index (κ1) is 19.4. The van der Waals surface area contributed by atoms with Crippen molar-refractivity contribution in [2.24, 2.45) is 11.7 Å². The van der Waals surface area contributed by atoms with E-state index in [4.69, 9.17) is 5.73 Å². The van der Waals surface area contributed by atoms with Crippen LogP contribution >= 0.6 is 0 Å². The lowest BCUT2D eigenvalue weighted by Gasteiger charge is -2.28. The molecule has 2 amide bonds. The second-order valence-electron chi connectivity index (χ2n) is 8.48. The van der Waals surface area contributed by atoms with Gasteiger partial charge in [0.1, 0.15) is 6.54 Å². The maximum atomic E-state index is 12.9. The van der Waals surface area contributed by atoms with Crippen molar-refractivity contribution in [2.75, 3.05) is 11.4 Å². The Morgan fingerprint density at radius 2 is 2.00 bits per heavy atom. The minimum atomic E-state index is -0.595. The third-order valence-electron chi connectivity index (χ3n) is 4.59. The van der Waals surface area contributed by atoms with E-state index in [0.29, 0.717) is 12.3 Å². The molecule has 1 aromatic rings. The Morgan fingerprint density at radius 3 is 2.56 bits per heavy atom. The molecule has 2 rings (SSSR count). The van der Waals surface area contributed by atoms with Crippen molar-refractivity contribution in [1.29, 1.82) is 0 Å². The van der Waals surface area contributed by atoms with Crippen molar-refractivity contribution in [3.8, 4) is 0 Å². The maximum Gasteiger partial charge on any atom is 0.244 e. The van der Waals surface area contributed by atoms with E-state index in [1.807, 2.05) is 33.8 Å². The summed E-state index contributed by atoms with van der Waals surface area (Å²) in [6.45, 7) is 12.1. The van der Waals surface area contributed by atoms with E-state index in [1.54, 1.807) is 4.90 Å². The first-order valence-electron chi connectivity index (χ1n) is 8.98. The van der Waals surface area contributed by atoms with E-state index >= 15 is 0 Å². The lowest BCUT2D eigenvalue weighted by atomic mass is 9.83. The van der Waals surface area contributed by atoms with Gasteiger partial charge in [-0.3, -0.25) is 9.59 Å². The van der Waals surface area contributed by atoms with Crippen LogP contribution in [0.25, 0.3) is 0 Å². The van der Waals surface area contributed by atoms with Crippen LogP contribution in [-0.4, -0.2) is 29.9 Å². The molecule has 3 N–H and O–H groups in total. The molecule has 0 aromatic heterocycles. The van der Waals surface area contributed by atoms with E-state index < -0.39 is 6.04 Å². The molecule has 2 atom stereocenters. The van der Waals surface area contributed by atoms with Gasteiger partial charge in [0.25, 0.3) is 0 Å². The Balaban J connectivity index is 2.45. The maximum absolute atomic E-state index is 12.9. The number of nitrogens with two attached hydrogens (primary N) is 1. The van der Waals surface area contributed by atoms with Crippen LogP contribution in [0.3, 0.4) is 0 Å². The zero-order valence-corrected chi connectivity index (χ0v) is 16.2. The topological polar surface area (TPSA) is 75.4 Å². The highest BCUT2D eigenvalue weighted by molar-refractivity contribution is 6.03. The summed E-state index contributed by atoms with van der Waals surface area (Å²) < 4.78 is 0. The van der Waals surface area contributed by atoms with E-state index in [1.165, 1.54) is 0 Å². The summed E-state index contributed by atoms with van der Waals surface area (Å²) in [6.07, 6.45) is 0.601. The van der Waals surface area contributed by atoms with Crippen molar-refractivity contribution in [3.63, 3.8) is 0 Å². The van der Waals surface area contributed by atoms with Gasteiger partial charge in [0.15, 0.2) is 0 Å². The average Bonchev–Trinajstić information content (AvgIpc) is 2.56. The van der Waals surface area contributed by atoms with Crippen molar-refractivity contribution < 1.29 is 9.59 Å². The van der Waals surface area contributed by atoms with Crippen LogP contribution in [0.2, 0.25) is 0 Å². The summed E-state index contributed by atoms with van der Waals surface area (Å²) in [5, 5.41) is 2.93. The number of anilines is 1. The van der Waals surface area contributed by atoms with E-state index in [-0.39, 0.29) is 29.8 Å². The fraction of sp³-hybridized carbons (Fsp3) is 0.600. The monoisotopic (exact) mass is 345 g/mol. The molecule has 0 fully saturated rings. The molecule has 5 heteroatoms. The number of amides is 2. The van der Waals surface area contributed by atoms with E-state index in [9.17, 15) is 9.59 Å². The van der Waals surface area contributed by atoms with E-state index in [0.717, 1.165) is 16.8 Å². The van der Waals surface area contributed by atoms with Crippen LogP contribution < -0.4 is 16.0 Å². The highest BCUT2D eigenvalue weighted by atomic mass is 16.2. The second kappa shape index (κ2) is 7.16. The Hall–Kier alpha value is -1.88. The fourth-order valence-electron chi connectivity index (χ4n) is 3.42. The minimum Gasteiger partial charge on any atom is -0.350 e. The molecule has 0 radical (unpaired) electrons. The molecule has 1 aliphatic rings. The van der Waals surface area contributed by atoms with Crippen molar-refractivity contribution in [1.82, 2.24) is 5.32 Å². The lowest BCUT2D eigenvalue weighted by molar-refractivity contribution is -0.125. The molecule has 0 spiro atoms. The largest absolute Gasteiger partial charge is 0.350 e. The van der Waals surface area contributed by atoms with Crippen molar-refractivity contribution >= 4 is 17.5 Å². The number of fused-ring (bicyclic) bond motifs is 1. The number of rotatable bonds is 3. The lowest BCUT2D eigenvalue weighted by Crippen LogP contribution is -2.50. The molecule has 1 heterocycles. The van der Waals surface area contributed by atoms with Gasteiger partial charge >= 0.3 is 0 Å². The number of carbonyl (C=O) groups is 2. The van der Waals surface area contributed by atoms with Gasteiger partial charge in [0.2, 0.25) is 11.8 Å². The van der Waals surface area contributed by atoms with Crippen molar-refractivity contribution in [3.05, 3.63) is 29.3 Å². The standard InChI is InChI=1S/C20H31N3O2/c1-12(2)15-10-16(21)19(25)23(11-18(24)22-20(4,5)6)17-9-13(3)7-8-14(15)17/h7-9,12,15-16H,10-11,21H2,1-6H3,(H,22,24)/t15-,16-/m1/s1. The van der Waals surface area contributed by atoms with Crippen LogP contribution in [-0.2, 0) is 9.59 Å². The Kier molecular flexibility index (Phi) is 5.57. The Labute approximate surface area is 151 Å². The molecule has 1 aromatic carbocycles. The number of hydrogen-bond donors (Lipinski definition) is 2. The molecule has 25 heavy (non-hydrogen) atoms. The molecule has 0 bridgehead atoms. The molecule has 5 nitrogen and oxygen atoms in total. The number of aryl methyl sites for hydroxylation is 1. The number of benzene rings is 1. The summed E-state index contributed by atoms with van der Waals surface area (Å²) in [6, 6.07) is 5.53. The minimum absolute atomic E-state index is 0.00886. The number of carbonyl (C=O) groups excluding carboxylic acids is 2. The summed E-state index contributed by atoms with van der Waals surface area (Å²) in [7, 11) is 0. The first-order chi connectivity index (χ1) is 11.5. The van der Waals surface area contributed by atoms with Crippen LogP contribution in [0.5, 0.6) is 0 Å². The molecule has 0 saturated carbocycles. The quantitative estimate of drug-likeness (QED) is 0.884. The normalized spacial score (nSPS) is 21.1.